The molecule has 1 amide bonds. The zero-order valence-corrected chi connectivity index (χ0v) is 10.6. The van der Waals surface area contributed by atoms with Gasteiger partial charge in [0.25, 0.3) is 0 Å². The summed E-state index contributed by atoms with van der Waals surface area (Å²) in [4.78, 5) is 12.9. The van der Waals surface area contributed by atoms with Crippen LogP contribution in [0.1, 0.15) is 11.1 Å². The summed E-state index contributed by atoms with van der Waals surface area (Å²) >= 11 is 6.07. The molecule has 1 rings (SSSR count). The van der Waals surface area contributed by atoms with E-state index in [0.717, 1.165) is 16.1 Å². The topological polar surface area (TPSA) is 32.3 Å². The number of likely N-dealkylation sites (N-methyl/N-ethyl adjacent to an activating group) is 1. The molecule has 0 aromatic heterocycles. The second-order valence-corrected chi connectivity index (χ2v) is 4.39. The van der Waals surface area contributed by atoms with Crippen molar-refractivity contribution in [3.63, 3.8) is 0 Å². The number of nitrogens with zero attached hydrogens (tertiary/aromatic N) is 1. The molecule has 0 saturated heterocycles. The van der Waals surface area contributed by atoms with E-state index in [1.54, 1.807) is 19.0 Å². The van der Waals surface area contributed by atoms with Crippen molar-refractivity contribution < 1.29 is 4.79 Å². The minimum Gasteiger partial charge on any atom is -0.348 e. The maximum absolute atomic E-state index is 11.3. The SMILES string of the molecule is Cc1ccc(CNCC(=O)N(C)C)c(Cl)c1. The highest BCUT2D eigenvalue weighted by Crippen LogP contribution is 2.16. The fourth-order valence-electron chi connectivity index (χ4n) is 1.26. The highest BCUT2D eigenvalue weighted by atomic mass is 35.5. The predicted octanol–water partition coefficient (Wildman–Crippen LogP) is 1.83. The molecule has 3 nitrogen and oxygen atoms in total. The Hall–Kier alpha value is -1.06. The lowest BCUT2D eigenvalue weighted by Gasteiger charge is -2.11. The van der Waals surface area contributed by atoms with Crippen molar-refractivity contribution in [2.24, 2.45) is 0 Å². The molecule has 88 valence electrons. The molecule has 4 heteroatoms. The van der Waals surface area contributed by atoms with Crippen LogP contribution in [-0.2, 0) is 11.3 Å². The van der Waals surface area contributed by atoms with Gasteiger partial charge < -0.3 is 10.2 Å². The van der Waals surface area contributed by atoms with Gasteiger partial charge in [0.15, 0.2) is 0 Å². The summed E-state index contributed by atoms with van der Waals surface area (Å²) in [5, 5.41) is 3.81. The maximum atomic E-state index is 11.3. The average Bonchev–Trinajstić information content (AvgIpc) is 2.20. The van der Waals surface area contributed by atoms with E-state index in [-0.39, 0.29) is 5.91 Å². The number of halogens is 1. The third-order valence-corrected chi connectivity index (χ3v) is 2.65. The highest BCUT2D eigenvalue weighted by Gasteiger charge is 2.04. The molecule has 0 fully saturated rings. The van der Waals surface area contributed by atoms with Crippen LogP contribution in [0.5, 0.6) is 0 Å². The van der Waals surface area contributed by atoms with Crippen molar-refractivity contribution in [1.29, 1.82) is 0 Å². The average molecular weight is 241 g/mol. The third kappa shape index (κ3) is 3.83. The van der Waals surface area contributed by atoms with Gasteiger partial charge in [0.1, 0.15) is 0 Å². The normalized spacial score (nSPS) is 10.2. The van der Waals surface area contributed by atoms with Gasteiger partial charge in [-0.05, 0) is 24.1 Å². The molecular weight excluding hydrogens is 224 g/mol. The van der Waals surface area contributed by atoms with Gasteiger partial charge in [0, 0.05) is 25.7 Å². The van der Waals surface area contributed by atoms with Crippen LogP contribution in [0, 0.1) is 6.92 Å². The fraction of sp³-hybridized carbons (Fsp3) is 0.417. The van der Waals surface area contributed by atoms with E-state index in [1.165, 1.54) is 0 Å². The Labute approximate surface area is 101 Å². The van der Waals surface area contributed by atoms with Crippen molar-refractivity contribution >= 4 is 17.5 Å². The summed E-state index contributed by atoms with van der Waals surface area (Å²) in [6, 6.07) is 5.91. The highest BCUT2D eigenvalue weighted by molar-refractivity contribution is 6.31. The molecular formula is C12H17ClN2O. The quantitative estimate of drug-likeness (QED) is 0.871. The first-order valence-corrected chi connectivity index (χ1v) is 5.54. The molecule has 0 radical (unpaired) electrons. The molecule has 0 bridgehead atoms. The molecule has 0 saturated carbocycles. The van der Waals surface area contributed by atoms with E-state index >= 15 is 0 Å². The fourth-order valence-corrected chi connectivity index (χ4v) is 1.56. The van der Waals surface area contributed by atoms with Crippen molar-refractivity contribution in [1.82, 2.24) is 10.2 Å². The lowest BCUT2D eigenvalue weighted by molar-refractivity contribution is -0.127. The summed E-state index contributed by atoms with van der Waals surface area (Å²) in [5.74, 6) is 0.0586. The molecule has 1 aromatic rings. The number of hydrogen-bond acceptors (Lipinski definition) is 2. The minimum atomic E-state index is 0.0586. The van der Waals surface area contributed by atoms with E-state index in [0.29, 0.717) is 13.1 Å². The largest absolute Gasteiger partial charge is 0.348 e. The number of amides is 1. The number of rotatable bonds is 4. The Morgan fingerprint density at radius 2 is 2.12 bits per heavy atom. The Balaban J connectivity index is 2.46. The van der Waals surface area contributed by atoms with Crippen LogP contribution in [0.15, 0.2) is 18.2 Å². The molecule has 16 heavy (non-hydrogen) atoms. The van der Waals surface area contributed by atoms with Crippen molar-refractivity contribution in [2.75, 3.05) is 20.6 Å². The molecule has 0 aliphatic carbocycles. The van der Waals surface area contributed by atoms with Crippen LogP contribution < -0.4 is 5.32 Å². The van der Waals surface area contributed by atoms with Crippen LogP contribution in [0.4, 0.5) is 0 Å². The molecule has 0 unspecified atom stereocenters. The van der Waals surface area contributed by atoms with Gasteiger partial charge >= 0.3 is 0 Å². The Morgan fingerprint density at radius 3 is 2.69 bits per heavy atom. The number of carbonyl (C=O) groups is 1. The van der Waals surface area contributed by atoms with Crippen LogP contribution >= 0.6 is 11.6 Å². The molecule has 1 N–H and O–H groups in total. The Morgan fingerprint density at radius 1 is 1.44 bits per heavy atom. The lowest BCUT2D eigenvalue weighted by Crippen LogP contribution is -2.32. The first-order chi connectivity index (χ1) is 7.50. The zero-order valence-electron chi connectivity index (χ0n) is 9.88. The molecule has 0 atom stereocenters. The van der Waals surface area contributed by atoms with Crippen LogP contribution in [0.3, 0.4) is 0 Å². The number of nitrogens with one attached hydrogen (secondary N) is 1. The summed E-state index contributed by atoms with van der Waals surface area (Å²) in [5.41, 5.74) is 2.15. The van der Waals surface area contributed by atoms with Gasteiger partial charge in [-0.15, -0.1) is 0 Å². The zero-order chi connectivity index (χ0) is 12.1. The molecule has 0 spiro atoms. The van der Waals surface area contributed by atoms with Crippen LogP contribution in [0.2, 0.25) is 5.02 Å². The third-order valence-electron chi connectivity index (χ3n) is 2.30. The van der Waals surface area contributed by atoms with E-state index in [1.807, 2.05) is 25.1 Å². The predicted molar refractivity (Wildman–Crippen MR) is 66.6 cm³/mol. The van der Waals surface area contributed by atoms with Gasteiger partial charge in [-0.1, -0.05) is 23.7 Å². The molecule has 0 aliphatic heterocycles. The molecule has 0 heterocycles. The van der Waals surface area contributed by atoms with Gasteiger partial charge in [0.05, 0.1) is 6.54 Å². The first-order valence-electron chi connectivity index (χ1n) is 5.16. The summed E-state index contributed by atoms with van der Waals surface area (Å²) in [6.45, 7) is 2.94. The van der Waals surface area contributed by atoms with E-state index in [2.05, 4.69) is 5.32 Å². The second-order valence-electron chi connectivity index (χ2n) is 3.99. The van der Waals surface area contributed by atoms with Crippen molar-refractivity contribution in [2.45, 2.75) is 13.5 Å². The summed E-state index contributed by atoms with van der Waals surface area (Å²) < 4.78 is 0. The lowest BCUT2D eigenvalue weighted by atomic mass is 10.1. The van der Waals surface area contributed by atoms with E-state index in [4.69, 9.17) is 11.6 Å². The Bertz CT molecular complexity index is 377. The molecule has 0 aliphatic rings. The summed E-state index contributed by atoms with van der Waals surface area (Å²) in [6.07, 6.45) is 0. The second kappa shape index (κ2) is 5.87. The van der Waals surface area contributed by atoms with Crippen LogP contribution in [-0.4, -0.2) is 31.4 Å². The monoisotopic (exact) mass is 240 g/mol. The van der Waals surface area contributed by atoms with Crippen LogP contribution in [0.25, 0.3) is 0 Å². The standard InChI is InChI=1S/C12H17ClN2O/c1-9-4-5-10(11(13)6-9)7-14-8-12(16)15(2)3/h4-6,14H,7-8H2,1-3H3. The van der Waals surface area contributed by atoms with E-state index in [9.17, 15) is 4.79 Å². The van der Waals surface area contributed by atoms with Gasteiger partial charge in [-0.2, -0.15) is 0 Å². The first kappa shape index (κ1) is 13.0. The van der Waals surface area contributed by atoms with E-state index < -0.39 is 0 Å². The minimum absolute atomic E-state index is 0.0586. The number of hydrogen-bond donors (Lipinski definition) is 1. The smallest absolute Gasteiger partial charge is 0.236 e. The van der Waals surface area contributed by atoms with Gasteiger partial charge in [-0.3, -0.25) is 4.79 Å². The molecule has 1 aromatic carbocycles. The summed E-state index contributed by atoms with van der Waals surface area (Å²) in [7, 11) is 3.48. The van der Waals surface area contributed by atoms with Gasteiger partial charge in [0.2, 0.25) is 5.91 Å². The van der Waals surface area contributed by atoms with Gasteiger partial charge in [-0.25, -0.2) is 0 Å². The Kier molecular flexibility index (Phi) is 4.77. The number of benzene rings is 1. The van der Waals surface area contributed by atoms with Crippen molar-refractivity contribution in [3.8, 4) is 0 Å². The maximum Gasteiger partial charge on any atom is 0.236 e. The number of carbonyl (C=O) groups excluding carboxylic acids is 1. The van der Waals surface area contributed by atoms with Crippen molar-refractivity contribution in [3.05, 3.63) is 34.3 Å². The number of aryl methyl sites for hydroxylation is 1.